The predicted molar refractivity (Wildman–Crippen MR) is 101 cm³/mol. The molecule has 1 spiro atoms. The quantitative estimate of drug-likeness (QED) is 0.823. The molecular weight excluding hydrogens is 404 g/mol. The number of hydrogen-bond acceptors (Lipinski definition) is 3. The lowest BCUT2D eigenvalue weighted by Crippen LogP contribution is -2.27. The molecule has 0 unspecified atom stereocenters. The van der Waals surface area contributed by atoms with Crippen molar-refractivity contribution in [2.75, 3.05) is 16.7 Å². The molecule has 0 atom stereocenters. The van der Waals surface area contributed by atoms with Gasteiger partial charge in [-0.2, -0.15) is 0 Å². The second kappa shape index (κ2) is 5.57. The Labute approximate surface area is 155 Å². The molecule has 0 saturated heterocycles. The lowest BCUT2D eigenvalue weighted by atomic mass is 9.97. The van der Waals surface area contributed by atoms with E-state index in [2.05, 4.69) is 20.7 Å². The van der Waals surface area contributed by atoms with Gasteiger partial charge in [0.25, 0.3) is 0 Å². The minimum Gasteiger partial charge on any atom is -0.314 e. The highest BCUT2D eigenvalue weighted by Gasteiger charge is 2.58. The minimum atomic E-state index is -3.54. The summed E-state index contributed by atoms with van der Waals surface area (Å²) in [6.45, 7) is 0. The summed E-state index contributed by atoms with van der Waals surface area (Å²) in [5.74, 6) is 0.00433. The van der Waals surface area contributed by atoms with E-state index < -0.39 is 15.4 Å². The zero-order chi connectivity index (χ0) is 17.8. The van der Waals surface area contributed by atoms with Crippen LogP contribution in [0.5, 0.6) is 0 Å². The van der Waals surface area contributed by atoms with E-state index in [4.69, 9.17) is 0 Å². The fourth-order valence-electron chi connectivity index (χ4n) is 3.49. The molecule has 5 nitrogen and oxygen atoms in total. The highest BCUT2D eigenvalue weighted by Crippen LogP contribution is 2.57. The van der Waals surface area contributed by atoms with E-state index >= 15 is 0 Å². The van der Waals surface area contributed by atoms with Crippen LogP contribution in [-0.4, -0.2) is 21.4 Å². The summed E-state index contributed by atoms with van der Waals surface area (Å²) in [7, 11) is -1.77. The van der Waals surface area contributed by atoms with Crippen LogP contribution in [0.15, 0.2) is 46.9 Å². The molecule has 0 radical (unpaired) electrons. The number of fused-ring (bicyclic) bond motifs is 2. The summed E-state index contributed by atoms with van der Waals surface area (Å²) in [6.07, 6.45) is 1.66. The third kappa shape index (κ3) is 2.85. The summed E-state index contributed by atoms with van der Waals surface area (Å²) >= 11 is 3.35. The van der Waals surface area contributed by atoms with Gasteiger partial charge in [-0.05, 0) is 54.3 Å². The van der Waals surface area contributed by atoms with Gasteiger partial charge in [-0.25, -0.2) is 8.42 Å². The Hall–Kier alpha value is -1.86. The van der Waals surface area contributed by atoms with Crippen LogP contribution in [-0.2, 0) is 26.0 Å². The molecule has 0 bridgehead atoms. The molecule has 1 N–H and O–H groups in total. The Balaban J connectivity index is 1.60. The number of carbonyl (C=O) groups is 1. The monoisotopic (exact) mass is 420 g/mol. The Morgan fingerprint density at radius 1 is 1.20 bits per heavy atom. The minimum absolute atomic E-state index is 0.104. The number of nitrogens with one attached hydrogen (secondary N) is 1. The number of halogens is 1. The van der Waals surface area contributed by atoms with E-state index in [-0.39, 0.29) is 11.7 Å². The highest BCUT2D eigenvalue weighted by molar-refractivity contribution is 9.10. The van der Waals surface area contributed by atoms with Crippen molar-refractivity contribution in [3.8, 4) is 0 Å². The highest BCUT2D eigenvalue weighted by atomic mass is 79.9. The molecule has 1 aliphatic heterocycles. The molecule has 1 heterocycles. The van der Waals surface area contributed by atoms with E-state index in [9.17, 15) is 13.2 Å². The van der Waals surface area contributed by atoms with Gasteiger partial charge in [-0.1, -0.05) is 28.1 Å². The van der Waals surface area contributed by atoms with Crippen LogP contribution >= 0.6 is 15.9 Å². The molecule has 7 heteroatoms. The maximum atomic E-state index is 12.5. The summed E-state index contributed by atoms with van der Waals surface area (Å²) in [5, 5.41) is 0. The zero-order valence-corrected chi connectivity index (χ0v) is 16.0. The van der Waals surface area contributed by atoms with Crippen molar-refractivity contribution in [1.82, 2.24) is 0 Å². The fraction of sp³-hybridized carbons (Fsp3) is 0.278. The van der Waals surface area contributed by atoms with Gasteiger partial charge in [0, 0.05) is 22.9 Å². The third-order valence-corrected chi connectivity index (χ3v) is 6.61. The number of carbonyl (C=O) groups excluding carboxylic acids is 1. The molecule has 1 amide bonds. The summed E-state index contributed by atoms with van der Waals surface area (Å²) in [4.78, 5) is 14.1. The molecule has 2 aliphatic rings. The second-order valence-corrected chi connectivity index (χ2v) is 9.31. The molecule has 4 rings (SSSR count). The number of rotatable bonds is 4. The largest absolute Gasteiger partial charge is 0.314 e. The standard InChI is InChI=1S/C18H17BrN2O3S/c1-21-16-6-5-14(10-15(16)18(7-8-18)17(21)22)20-25(23,24)11-12-3-2-4-13(19)9-12/h2-6,9-10,20H,7-8,11H2,1H3. The smallest absolute Gasteiger partial charge is 0.237 e. The first kappa shape index (κ1) is 16.6. The van der Waals surface area contributed by atoms with Crippen LogP contribution in [0.2, 0.25) is 0 Å². The lowest BCUT2D eigenvalue weighted by Gasteiger charge is -2.12. The van der Waals surface area contributed by atoms with Crippen LogP contribution in [0.4, 0.5) is 11.4 Å². The molecular formula is C18H17BrN2O3S. The Kier molecular flexibility index (Phi) is 3.70. The molecule has 2 aromatic rings. The van der Waals surface area contributed by atoms with Gasteiger partial charge in [0.15, 0.2) is 0 Å². The Bertz CT molecular complexity index is 984. The van der Waals surface area contributed by atoms with Crippen molar-refractivity contribution in [2.45, 2.75) is 24.0 Å². The molecule has 130 valence electrons. The number of amides is 1. The van der Waals surface area contributed by atoms with E-state index in [0.29, 0.717) is 11.3 Å². The van der Waals surface area contributed by atoms with Gasteiger partial charge in [0.1, 0.15) is 0 Å². The van der Waals surface area contributed by atoms with Gasteiger partial charge in [-0.3, -0.25) is 9.52 Å². The summed E-state index contributed by atoms with van der Waals surface area (Å²) < 4.78 is 28.4. The van der Waals surface area contributed by atoms with Crippen molar-refractivity contribution >= 4 is 43.2 Å². The van der Waals surface area contributed by atoms with Crippen LogP contribution < -0.4 is 9.62 Å². The topological polar surface area (TPSA) is 66.5 Å². The van der Waals surface area contributed by atoms with Crippen molar-refractivity contribution in [1.29, 1.82) is 0 Å². The van der Waals surface area contributed by atoms with Crippen LogP contribution in [0.25, 0.3) is 0 Å². The van der Waals surface area contributed by atoms with Gasteiger partial charge in [0.2, 0.25) is 15.9 Å². The molecule has 0 aromatic heterocycles. The number of nitrogens with zero attached hydrogens (tertiary/aromatic N) is 1. The molecule has 1 aliphatic carbocycles. The molecule has 2 aromatic carbocycles. The predicted octanol–water partition coefficient (Wildman–Crippen LogP) is 3.40. The van der Waals surface area contributed by atoms with Gasteiger partial charge in [-0.15, -0.1) is 0 Å². The van der Waals surface area contributed by atoms with Crippen LogP contribution in [0.3, 0.4) is 0 Å². The number of hydrogen-bond donors (Lipinski definition) is 1. The first-order valence-electron chi connectivity index (χ1n) is 7.98. The van der Waals surface area contributed by atoms with E-state index in [0.717, 1.165) is 28.6 Å². The SMILES string of the molecule is CN1C(=O)C2(CC2)c2cc(NS(=O)(=O)Cc3cccc(Br)c3)ccc21. The number of likely N-dealkylation sites (N-methyl/N-ethyl adjacent to an activating group) is 1. The Morgan fingerprint density at radius 3 is 2.64 bits per heavy atom. The van der Waals surface area contributed by atoms with E-state index in [1.54, 1.807) is 30.1 Å². The summed E-state index contributed by atoms with van der Waals surface area (Å²) in [6, 6.07) is 12.6. The van der Waals surface area contributed by atoms with Crippen molar-refractivity contribution < 1.29 is 13.2 Å². The lowest BCUT2D eigenvalue weighted by molar-refractivity contribution is -0.119. The van der Waals surface area contributed by atoms with Crippen molar-refractivity contribution in [3.63, 3.8) is 0 Å². The number of benzene rings is 2. The fourth-order valence-corrected chi connectivity index (χ4v) is 5.11. The average molecular weight is 421 g/mol. The second-order valence-electron chi connectivity index (χ2n) is 6.67. The maximum Gasteiger partial charge on any atom is 0.237 e. The first-order chi connectivity index (χ1) is 11.8. The Morgan fingerprint density at radius 2 is 1.96 bits per heavy atom. The molecule has 25 heavy (non-hydrogen) atoms. The van der Waals surface area contributed by atoms with Gasteiger partial charge < -0.3 is 4.90 Å². The normalized spacial score (nSPS) is 17.7. The van der Waals surface area contributed by atoms with Gasteiger partial charge in [0.05, 0.1) is 11.2 Å². The van der Waals surface area contributed by atoms with Crippen molar-refractivity contribution in [3.05, 3.63) is 58.1 Å². The van der Waals surface area contributed by atoms with Gasteiger partial charge >= 0.3 is 0 Å². The third-order valence-electron chi connectivity index (χ3n) is 4.86. The van der Waals surface area contributed by atoms with Crippen molar-refractivity contribution in [2.24, 2.45) is 0 Å². The van der Waals surface area contributed by atoms with Crippen LogP contribution in [0, 0.1) is 0 Å². The molecule has 1 saturated carbocycles. The first-order valence-corrected chi connectivity index (χ1v) is 10.4. The molecule has 1 fully saturated rings. The van der Waals surface area contributed by atoms with E-state index in [1.807, 2.05) is 24.3 Å². The average Bonchev–Trinajstić information content (AvgIpc) is 3.31. The van der Waals surface area contributed by atoms with Crippen LogP contribution in [0.1, 0.15) is 24.0 Å². The maximum absolute atomic E-state index is 12.5. The number of anilines is 2. The number of sulfonamides is 1. The van der Waals surface area contributed by atoms with E-state index in [1.165, 1.54) is 0 Å². The summed E-state index contributed by atoms with van der Waals surface area (Å²) in [5.41, 5.74) is 2.59. The zero-order valence-electron chi connectivity index (χ0n) is 13.6.